The van der Waals surface area contributed by atoms with E-state index in [1.165, 1.54) is 6.07 Å². The monoisotopic (exact) mass is 461 g/mol. The van der Waals surface area contributed by atoms with E-state index in [9.17, 15) is 13.2 Å². The van der Waals surface area contributed by atoms with Crippen LogP contribution in [0.4, 0.5) is 5.69 Å². The summed E-state index contributed by atoms with van der Waals surface area (Å²) in [5, 5.41) is 3.32. The van der Waals surface area contributed by atoms with E-state index in [-0.39, 0.29) is 16.7 Å². The molecule has 0 saturated carbocycles. The standard InChI is InChI=1S/C23H28ClN3O3S/c1-15-5-6-19(24)14-21(15)23(28)25-22-8-7-20(13-16(22)2)31(29,30)26-17(3)18-9-11-27(4)12-10-18/h5-8,13-14,18H,9-12H2,1-4H3,(H,25,28). The normalized spacial score (nSPS) is 16.4. The molecule has 1 aliphatic rings. The number of sulfonamides is 1. The van der Waals surface area contributed by atoms with E-state index in [1.807, 2.05) is 6.92 Å². The molecule has 0 radical (unpaired) electrons. The molecule has 0 bridgehead atoms. The molecule has 1 fully saturated rings. The Morgan fingerprint density at radius 3 is 2.42 bits per heavy atom. The average molecular weight is 462 g/mol. The van der Waals surface area contributed by atoms with Crippen molar-refractivity contribution in [2.45, 2.75) is 38.5 Å². The smallest absolute Gasteiger partial charge is 0.282 e. The summed E-state index contributed by atoms with van der Waals surface area (Å²) in [7, 11) is -1.74. The van der Waals surface area contributed by atoms with Crippen molar-refractivity contribution in [2.75, 3.05) is 25.5 Å². The number of piperidine rings is 1. The van der Waals surface area contributed by atoms with Gasteiger partial charge in [0.2, 0.25) is 0 Å². The molecule has 0 atom stereocenters. The van der Waals surface area contributed by atoms with Gasteiger partial charge in [-0.05, 0) is 95.2 Å². The molecule has 0 aliphatic carbocycles. The first-order valence-electron chi connectivity index (χ1n) is 10.2. The fraction of sp³-hybridized carbons (Fsp3) is 0.391. The highest BCUT2D eigenvalue weighted by Gasteiger charge is 2.22. The van der Waals surface area contributed by atoms with Crippen LogP contribution in [0, 0.1) is 19.8 Å². The zero-order valence-corrected chi connectivity index (χ0v) is 19.8. The van der Waals surface area contributed by atoms with Gasteiger partial charge in [-0.1, -0.05) is 17.7 Å². The van der Waals surface area contributed by atoms with Gasteiger partial charge in [0.15, 0.2) is 0 Å². The number of carbonyl (C=O) groups is 1. The van der Waals surface area contributed by atoms with Crippen molar-refractivity contribution < 1.29 is 13.2 Å². The molecule has 0 unspecified atom stereocenters. The second-order valence-corrected chi connectivity index (χ2v) is 10.2. The summed E-state index contributed by atoms with van der Waals surface area (Å²) in [6.45, 7) is 7.27. The van der Waals surface area contributed by atoms with Gasteiger partial charge in [0.1, 0.15) is 0 Å². The van der Waals surface area contributed by atoms with E-state index in [1.54, 1.807) is 44.2 Å². The maximum atomic E-state index is 12.8. The van der Waals surface area contributed by atoms with Crippen molar-refractivity contribution in [2.24, 2.45) is 10.3 Å². The van der Waals surface area contributed by atoms with Gasteiger partial charge in [-0.2, -0.15) is 12.8 Å². The topological polar surface area (TPSA) is 78.8 Å². The van der Waals surface area contributed by atoms with Crippen molar-refractivity contribution >= 4 is 38.9 Å². The number of anilines is 1. The van der Waals surface area contributed by atoms with E-state index in [4.69, 9.17) is 11.6 Å². The Hall–Kier alpha value is -2.22. The second-order valence-electron chi connectivity index (χ2n) is 8.18. The van der Waals surface area contributed by atoms with Gasteiger partial charge < -0.3 is 10.2 Å². The Morgan fingerprint density at radius 2 is 1.77 bits per heavy atom. The Labute approximate surface area is 189 Å². The first-order valence-corrected chi connectivity index (χ1v) is 12.1. The number of rotatable bonds is 5. The number of hydrogen-bond donors (Lipinski definition) is 1. The summed E-state index contributed by atoms with van der Waals surface area (Å²) in [5.41, 5.74) is 3.11. The lowest BCUT2D eigenvalue weighted by Gasteiger charge is -2.28. The van der Waals surface area contributed by atoms with Crippen LogP contribution in [-0.4, -0.2) is 45.1 Å². The number of aryl methyl sites for hydroxylation is 2. The van der Waals surface area contributed by atoms with Crippen LogP contribution in [0.1, 0.15) is 41.3 Å². The maximum Gasteiger partial charge on any atom is 0.282 e. The number of amides is 1. The summed E-state index contributed by atoms with van der Waals surface area (Å²) < 4.78 is 29.8. The predicted octanol–water partition coefficient (Wildman–Crippen LogP) is 4.70. The van der Waals surface area contributed by atoms with Crippen LogP contribution in [0.25, 0.3) is 0 Å². The highest BCUT2D eigenvalue weighted by Crippen LogP contribution is 2.25. The SMILES string of the molecule is CC(=NS(=O)(=O)c1ccc(NC(=O)c2cc(Cl)ccc2C)c(C)c1)C1CCN(C)CC1. The Kier molecular flexibility index (Phi) is 7.19. The van der Waals surface area contributed by atoms with Gasteiger partial charge in [0, 0.05) is 27.9 Å². The Morgan fingerprint density at radius 1 is 1.10 bits per heavy atom. The quantitative estimate of drug-likeness (QED) is 0.654. The van der Waals surface area contributed by atoms with Crippen molar-refractivity contribution in [1.82, 2.24) is 4.90 Å². The molecule has 6 nitrogen and oxygen atoms in total. The number of nitrogens with one attached hydrogen (secondary N) is 1. The van der Waals surface area contributed by atoms with Gasteiger partial charge in [-0.3, -0.25) is 4.79 Å². The van der Waals surface area contributed by atoms with E-state index < -0.39 is 10.0 Å². The summed E-state index contributed by atoms with van der Waals surface area (Å²) in [6.07, 6.45) is 1.82. The molecular formula is C23H28ClN3O3S. The molecule has 1 amide bonds. The number of hydrogen-bond acceptors (Lipinski definition) is 4. The van der Waals surface area contributed by atoms with Crippen LogP contribution in [0.5, 0.6) is 0 Å². The average Bonchev–Trinajstić information content (AvgIpc) is 2.71. The highest BCUT2D eigenvalue weighted by molar-refractivity contribution is 7.90. The molecule has 1 N–H and O–H groups in total. The summed E-state index contributed by atoms with van der Waals surface area (Å²) >= 11 is 6.01. The van der Waals surface area contributed by atoms with Gasteiger partial charge in [-0.25, -0.2) is 0 Å². The lowest BCUT2D eigenvalue weighted by molar-refractivity contribution is 0.102. The third-order valence-electron chi connectivity index (χ3n) is 5.76. The van der Waals surface area contributed by atoms with E-state index >= 15 is 0 Å². The van der Waals surface area contributed by atoms with Crippen molar-refractivity contribution in [3.8, 4) is 0 Å². The first-order chi connectivity index (χ1) is 14.6. The van der Waals surface area contributed by atoms with Crippen LogP contribution in [0.3, 0.4) is 0 Å². The summed E-state index contributed by atoms with van der Waals surface area (Å²) in [5.74, 6) is -0.110. The van der Waals surface area contributed by atoms with Crippen molar-refractivity contribution in [1.29, 1.82) is 0 Å². The molecule has 3 rings (SSSR count). The summed E-state index contributed by atoms with van der Waals surface area (Å²) in [4.78, 5) is 15.0. The molecule has 166 valence electrons. The third-order valence-corrected chi connectivity index (χ3v) is 7.37. The van der Waals surface area contributed by atoms with Crippen molar-refractivity contribution in [3.05, 3.63) is 58.1 Å². The van der Waals surface area contributed by atoms with Gasteiger partial charge in [-0.15, -0.1) is 0 Å². The molecule has 2 aromatic rings. The zero-order chi connectivity index (χ0) is 22.8. The summed E-state index contributed by atoms with van der Waals surface area (Å²) in [6, 6.07) is 9.74. The minimum Gasteiger partial charge on any atom is -0.322 e. The Bertz CT molecular complexity index is 1120. The largest absolute Gasteiger partial charge is 0.322 e. The molecule has 0 spiro atoms. The molecule has 2 aromatic carbocycles. The van der Waals surface area contributed by atoms with Crippen LogP contribution in [-0.2, 0) is 10.0 Å². The van der Waals surface area contributed by atoms with E-state index in [2.05, 4.69) is 21.7 Å². The Balaban J connectivity index is 1.78. The molecule has 31 heavy (non-hydrogen) atoms. The van der Waals surface area contributed by atoms with E-state index in [0.717, 1.165) is 31.5 Å². The fourth-order valence-corrected chi connectivity index (χ4v) is 5.08. The van der Waals surface area contributed by atoms with Crippen LogP contribution in [0.2, 0.25) is 5.02 Å². The molecule has 8 heteroatoms. The second kappa shape index (κ2) is 9.51. The number of likely N-dealkylation sites (tertiary alicyclic amines) is 1. The van der Waals surface area contributed by atoms with Gasteiger partial charge in [0.25, 0.3) is 15.9 Å². The lowest BCUT2D eigenvalue weighted by Crippen LogP contribution is -2.33. The number of halogens is 1. The molecule has 0 aromatic heterocycles. The fourth-order valence-electron chi connectivity index (χ4n) is 3.71. The molecular weight excluding hydrogens is 434 g/mol. The number of benzene rings is 2. The van der Waals surface area contributed by atoms with Crippen LogP contribution < -0.4 is 5.32 Å². The lowest BCUT2D eigenvalue weighted by atomic mass is 9.93. The van der Waals surface area contributed by atoms with Gasteiger partial charge in [0.05, 0.1) is 4.90 Å². The van der Waals surface area contributed by atoms with E-state index in [0.29, 0.717) is 27.5 Å². The highest BCUT2D eigenvalue weighted by atomic mass is 35.5. The minimum absolute atomic E-state index is 0.120. The predicted molar refractivity (Wildman–Crippen MR) is 126 cm³/mol. The molecule has 1 heterocycles. The molecule has 1 saturated heterocycles. The number of carbonyl (C=O) groups excluding carboxylic acids is 1. The first kappa shape index (κ1) is 23.4. The third kappa shape index (κ3) is 5.73. The minimum atomic E-state index is -3.81. The van der Waals surface area contributed by atoms with Gasteiger partial charge >= 0.3 is 0 Å². The van der Waals surface area contributed by atoms with Crippen LogP contribution in [0.15, 0.2) is 45.7 Å². The molecule has 1 aliphatic heterocycles. The van der Waals surface area contributed by atoms with Crippen molar-refractivity contribution in [3.63, 3.8) is 0 Å². The zero-order valence-electron chi connectivity index (χ0n) is 18.3. The van der Waals surface area contributed by atoms with Crippen LogP contribution >= 0.6 is 11.6 Å². The maximum absolute atomic E-state index is 12.8. The number of nitrogens with zero attached hydrogens (tertiary/aromatic N) is 2.